The van der Waals surface area contributed by atoms with Gasteiger partial charge in [-0.25, -0.2) is 4.98 Å². The number of hydrogen-bond acceptors (Lipinski definition) is 7. The molecule has 1 amide bonds. The van der Waals surface area contributed by atoms with Gasteiger partial charge in [0.05, 0.1) is 6.04 Å². The highest BCUT2D eigenvalue weighted by atomic mass is 32.1. The van der Waals surface area contributed by atoms with Gasteiger partial charge < -0.3 is 14.7 Å². The zero-order chi connectivity index (χ0) is 16.2. The molecule has 1 saturated heterocycles. The Morgan fingerprint density at radius 3 is 2.78 bits per heavy atom. The molecule has 2 aromatic heterocycles. The standard InChI is InChI=1S/C15H21N5O2S/c1-3-12(14(21)17-13-10-11(2)22-18-13)19-5-7-20(8-6-19)15-16-4-9-23-15/h4,9-10,12H,3,5-8H2,1-2H3,(H,17,18,21). The summed E-state index contributed by atoms with van der Waals surface area (Å²) in [4.78, 5) is 21.4. The predicted octanol–water partition coefficient (Wildman–Crippen LogP) is 1.98. The molecule has 0 saturated carbocycles. The summed E-state index contributed by atoms with van der Waals surface area (Å²) in [6, 6.07) is 1.58. The van der Waals surface area contributed by atoms with Gasteiger partial charge in [-0.1, -0.05) is 12.1 Å². The Kier molecular flexibility index (Phi) is 4.92. The summed E-state index contributed by atoms with van der Waals surface area (Å²) >= 11 is 1.65. The summed E-state index contributed by atoms with van der Waals surface area (Å²) in [6.07, 6.45) is 2.59. The number of piperazine rings is 1. The van der Waals surface area contributed by atoms with Crippen LogP contribution in [0.4, 0.5) is 10.9 Å². The van der Waals surface area contributed by atoms with E-state index in [4.69, 9.17) is 4.52 Å². The van der Waals surface area contributed by atoms with Gasteiger partial charge in [-0.05, 0) is 13.3 Å². The van der Waals surface area contributed by atoms with Crippen LogP contribution < -0.4 is 10.2 Å². The van der Waals surface area contributed by atoms with Crippen LogP contribution in [-0.2, 0) is 4.79 Å². The molecule has 1 aliphatic rings. The molecule has 8 heteroatoms. The number of carbonyl (C=O) groups is 1. The van der Waals surface area contributed by atoms with Crippen LogP contribution in [0.1, 0.15) is 19.1 Å². The minimum Gasteiger partial charge on any atom is -0.360 e. The second kappa shape index (κ2) is 7.10. The first-order valence-corrected chi connectivity index (χ1v) is 8.68. The fourth-order valence-electron chi connectivity index (χ4n) is 2.84. The van der Waals surface area contributed by atoms with Crippen LogP contribution >= 0.6 is 11.3 Å². The van der Waals surface area contributed by atoms with Gasteiger partial charge in [-0.15, -0.1) is 11.3 Å². The number of thiazole rings is 1. The lowest BCUT2D eigenvalue weighted by molar-refractivity contribution is -0.121. The van der Waals surface area contributed by atoms with Gasteiger partial charge in [-0.3, -0.25) is 9.69 Å². The fourth-order valence-corrected chi connectivity index (χ4v) is 3.54. The van der Waals surface area contributed by atoms with Crippen LogP contribution in [0.5, 0.6) is 0 Å². The Morgan fingerprint density at radius 2 is 2.22 bits per heavy atom. The Bertz CT molecular complexity index is 634. The summed E-state index contributed by atoms with van der Waals surface area (Å²) in [7, 11) is 0. The topological polar surface area (TPSA) is 74.5 Å². The van der Waals surface area contributed by atoms with E-state index in [9.17, 15) is 4.79 Å². The molecule has 0 bridgehead atoms. The molecule has 23 heavy (non-hydrogen) atoms. The quantitative estimate of drug-likeness (QED) is 0.900. The second-order valence-corrected chi connectivity index (χ2v) is 6.45. The lowest BCUT2D eigenvalue weighted by atomic mass is 10.1. The first-order valence-electron chi connectivity index (χ1n) is 7.80. The van der Waals surface area contributed by atoms with Crippen LogP contribution in [0.25, 0.3) is 0 Å². The van der Waals surface area contributed by atoms with E-state index in [1.165, 1.54) is 0 Å². The number of hydrogen-bond donors (Lipinski definition) is 1. The molecule has 3 rings (SSSR count). The Hall–Kier alpha value is -1.93. The highest BCUT2D eigenvalue weighted by Crippen LogP contribution is 2.20. The van der Waals surface area contributed by atoms with E-state index in [1.54, 1.807) is 24.3 Å². The van der Waals surface area contributed by atoms with Crippen LogP contribution in [0.15, 0.2) is 22.2 Å². The normalized spacial score (nSPS) is 17.2. The Balaban J connectivity index is 1.57. The van der Waals surface area contributed by atoms with Crippen molar-refractivity contribution in [3.63, 3.8) is 0 Å². The Morgan fingerprint density at radius 1 is 1.43 bits per heavy atom. The molecule has 1 aliphatic heterocycles. The van der Waals surface area contributed by atoms with Crippen LogP contribution in [0, 0.1) is 6.92 Å². The molecule has 1 N–H and O–H groups in total. The number of nitrogens with one attached hydrogen (secondary N) is 1. The van der Waals surface area contributed by atoms with Crippen molar-refractivity contribution in [2.75, 3.05) is 36.4 Å². The third-order valence-corrected chi connectivity index (χ3v) is 4.85. The number of nitrogens with zero attached hydrogens (tertiary/aromatic N) is 4. The summed E-state index contributed by atoms with van der Waals surface area (Å²) in [6.45, 7) is 7.32. The molecule has 0 aliphatic carbocycles. The summed E-state index contributed by atoms with van der Waals surface area (Å²) in [5.74, 6) is 1.14. The molecule has 3 heterocycles. The lowest BCUT2D eigenvalue weighted by Crippen LogP contribution is -2.53. The molecule has 1 atom stereocenters. The van der Waals surface area contributed by atoms with E-state index in [2.05, 4.69) is 25.3 Å². The fraction of sp³-hybridized carbons (Fsp3) is 0.533. The molecular weight excluding hydrogens is 314 g/mol. The molecule has 124 valence electrons. The van der Waals surface area contributed by atoms with Gasteiger partial charge in [0, 0.05) is 43.8 Å². The molecule has 0 radical (unpaired) electrons. The first-order chi connectivity index (χ1) is 11.2. The van der Waals surface area contributed by atoms with Crippen LogP contribution in [0.2, 0.25) is 0 Å². The summed E-state index contributed by atoms with van der Waals surface area (Å²) < 4.78 is 4.99. The smallest absolute Gasteiger partial charge is 0.242 e. The highest BCUT2D eigenvalue weighted by Gasteiger charge is 2.28. The maximum Gasteiger partial charge on any atom is 0.242 e. The molecule has 0 aromatic carbocycles. The molecule has 1 unspecified atom stereocenters. The van der Waals surface area contributed by atoms with E-state index in [-0.39, 0.29) is 11.9 Å². The summed E-state index contributed by atoms with van der Waals surface area (Å²) in [5, 5.41) is 9.71. The number of rotatable bonds is 5. The van der Waals surface area contributed by atoms with Crippen LogP contribution in [0.3, 0.4) is 0 Å². The summed E-state index contributed by atoms with van der Waals surface area (Å²) in [5.41, 5.74) is 0. The largest absolute Gasteiger partial charge is 0.360 e. The van der Waals surface area contributed by atoms with Crippen molar-refractivity contribution in [2.45, 2.75) is 26.3 Å². The maximum absolute atomic E-state index is 12.5. The average Bonchev–Trinajstić information content (AvgIpc) is 3.21. The van der Waals surface area contributed by atoms with Crippen molar-refractivity contribution < 1.29 is 9.32 Å². The third-order valence-electron chi connectivity index (χ3n) is 4.01. The average molecular weight is 335 g/mol. The number of amides is 1. The zero-order valence-electron chi connectivity index (χ0n) is 13.4. The van der Waals surface area contributed by atoms with Crippen LogP contribution in [-0.4, -0.2) is 53.2 Å². The monoisotopic (exact) mass is 335 g/mol. The molecule has 2 aromatic rings. The minimum atomic E-state index is -0.148. The van der Waals surface area contributed by atoms with Gasteiger partial charge in [0.15, 0.2) is 10.9 Å². The molecule has 1 fully saturated rings. The van der Waals surface area contributed by atoms with E-state index < -0.39 is 0 Å². The molecule has 0 spiro atoms. The zero-order valence-corrected chi connectivity index (χ0v) is 14.2. The van der Waals surface area contributed by atoms with Gasteiger partial charge in [0.2, 0.25) is 5.91 Å². The highest BCUT2D eigenvalue weighted by molar-refractivity contribution is 7.13. The molecule has 7 nitrogen and oxygen atoms in total. The van der Waals surface area contributed by atoms with E-state index in [1.807, 2.05) is 18.5 Å². The van der Waals surface area contributed by atoms with Crippen molar-refractivity contribution in [3.8, 4) is 0 Å². The Labute approximate surface area is 139 Å². The second-order valence-electron chi connectivity index (χ2n) is 5.57. The number of aryl methyl sites for hydroxylation is 1. The van der Waals surface area contributed by atoms with E-state index in [0.717, 1.165) is 37.7 Å². The number of carbonyl (C=O) groups excluding carboxylic acids is 1. The lowest BCUT2D eigenvalue weighted by Gasteiger charge is -2.38. The van der Waals surface area contributed by atoms with Crippen molar-refractivity contribution >= 4 is 28.2 Å². The maximum atomic E-state index is 12.5. The third kappa shape index (κ3) is 3.70. The van der Waals surface area contributed by atoms with Crippen molar-refractivity contribution in [1.29, 1.82) is 0 Å². The molecular formula is C15H21N5O2S. The van der Waals surface area contributed by atoms with Gasteiger partial charge in [0.1, 0.15) is 5.76 Å². The van der Waals surface area contributed by atoms with Gasteiger partial charge >= 0.3 is 0 Å². The van der Waals surface area contributed by atoms with Gasteiger partial charge in [-0.2, -0.15) is 0 Å². The van der Waals surface area contributed by atoms with E-state index >= 15 is 0 Å². The van der Waals surface area contributed by atoms with Gasteiger partial charge in [0.25, 0.3) is 0 Å². The van der Waals surface area contributed by atoms with Crippen molar-refractivity contribution in [1.82, 2.24) is 15.0 Å². The minimum absolute atomic E-state index is 0.0245. The number of aromatic nitrogens is 2. The SMILES string of the molecule is CCC(C(=O)Nc1cc(C)on1)N1CCN(c2nccs2)CC1. The first kappa shape index (κ1) is 15.9. The van der Waals surface area contributed by atoms with Crippen molar-refractivity contribution in [2.24, 2.45) is 0 Å². The van der Waals surface area contributed by atoms with E-state index in [0.29, 0.717) is 11.6 Å². The predicted molar refractivity (Wildman–Crippen MR) is 89.8 cm³/mol. The van der Waals surface area contributed by atoms with Crippen molar-refractivity contribution in [3.05, 3.63) is 23.4 Å². The number of anilines is 2.